The van der Waals surface area contributed by atoms with Gasteiger partial charge in [-0.25, -0.2) is 0 Å². The number of allylic oxidation sites excluding steroid dienone is 11. The van der Waals surface area contributed by atoms with Crippen LogP contribution in [0.5, 0.6) is 0 Å². The molecule has 208 valence electrons. The van der Waals surface area contributed by atoms with E-state index in [-0.39, 0.29) is 0 Å². The van der Waals surface area contributed by atoms with Gasteiger partial charge in [-0.05, 0) is 99.6 Å². The Labute approximate surface area is 248 Å². The summed E-state index contributed by atoms with van der Waals surface area (Å²) in [7, 11) is 0. The van der Waals surface area contributed by atoms with Gasteiger partial charge in [-0.2, -0.15) is 0 Å². The summed E-state index contributed by atoms with van der Waals surface area (Å²) >= 11 is 0. The van der Waals surface area contributed by atoms with Gasteiger partial charge in [0.15, 0.2) is 0 Å². The maximum absolute atomic E-state index is 4.13. The molecule has 1 spiro atoms. The van der Waals surface area contributed by atoms with Crippen LogP contribution in [0, 0.1) is 0 Å². The van der Waals surface area contributed by atoms with E-state index in [1.165, 1.54) is 66.8 Å². The van der Waals surface area contributed by atoms with E-state index in [0.29, 0.717) is 5.92 Å². The summed E-state index contributed by atoms with van der Waals surface area (Å²) in [6, 6.07) is 22.8. The minimum atomic E-state index is -0.431. The van der Waals surface area contributed by atoms with E-state index in [1.54, 1.807) is 0 Å². The molecule has 2 aliphatic carbocycles. The fourth-order valence-corrected chi connectivity index (χ4v) is 6.75. The number of rotatable bonds is 5. The Hall–Kier alpha value is -4.16. The van der Waals surface area contributed by atoms with Crippen LogP contribution in [0.3, 0.4) is 0 Å². The third-order valence-electron chi connectivity index (χ3n) is 8.26. The standard InChI is InChI=1S/C39H38.C2H6/c1-8-15-27-20-21-28(24-34(27)26(6)7)29-22-23-33-31(12-5)36(17-10-3)39(38(33)25-29)35(16-9-2)30(11-4)32-18-13-14-19-37(32)39;1-2/h8-26H,2-3H2,1,4-7H3;1-2H3/b15-8-,30-11-,31-12-,35-16+,36-17+;. The number of hydrogen-bond acceptors (Lipinski definition) is 0. The van der Waals surface area contributed by atoms with E-state index in [9.17, 15) is 0 Å². The van der Waals surface area contributed by atoms with Crippen LogP contribution in [0.4, 0.5) is 0 Å². The van der Waals surface area contributed by atoms with E-state index in [2.05, 4.69) is 145 Å². The Morgan fingerprint density at radius 2 is 1.24 bits per heavy atom. The lowest BCUT2D eigenvalue weighted by Crippen LogP contribution is -2.26. The van der Waals surface area contributed by atoms with Gasteiger partial charge in [-0.1, -0.05) is 144 Å². The van der Waals surface area contributed by atoms with E-state index >= 15 is 0 Å². The van der Waals surface area contributed by atoms with Crippen LogP contribution in [0.25, 0.3) is 28.3 Å². The largest absolute Gasteiger partial charge is 0.0991 e. The molecule has 0 nitrogen and oxygen atoms in total. The summed E-state index contributed by atoms with van der Waals surface area (Å²) in [5, 5.41) is 0. The molecule has 0 N–H and O–H groups in total. The fraction of sp³-hybridized carbons (Fsp3) is 0.220. The minimum absolute atomic E-state index is 0.431. The van der Waals surface area contributed by atoms with Crippen molar-refractivity contribution in [2.45, 2.75) is 59.8 Å². The summed E-state index contributed by atoms with van der Waals surface area (Å²) in [5.74, 6) is 0.440. The second-order valence-electron chi connectivity index (χ2n) is 10.6. The van der Waals surface area contributed by atoms with Crippen LogP contribution in [-0.4, -0.2) is 0 Å². The van der Waals surface area contributed by atoms with Crippen LogP contribution in [-0.2, 0) is 5.41 Å². The van der Waals surface area contributed by atoms with Crippen molar-refractivity contribution in [3.63, 3.8) is 0 Å². The van der Waals surface area contributed by atoms with Gasteiger partial charge in [0, 0.05) is 0 Å². The molecule has 0 heterocycles. The maximum Gasteiger partial charge on any atom is 0.0725 e. The van der Waals surface area contributed by atoms with Crippen molar-refractivity contribution in [1.82, 2.24) is 0 Å². The molecule has 0 saturated carbocycles. The zero-order valence-electron chi connectivity index (χ0n) is 25.9. The molecule has 0 saturated heterocycles. The Bertz CT molecular complexity index is 1610. The molecule has 5 rings (SSSR count). The molecule has 1 unspecified atom stereocenters. The number of benzene rings is 3. The minimum Gasteiger partial charge on any atom is -0.0991 e. The Balaban J connectivity index is 0.00000189. The predicted octanol–water partition coefficient (Wildman–Crippen LogP) is 11.9. The van der Waals surface area contributed by atoms with Crippen molar-refractivity contribution in [3.8, 4) is 11.1 Å². The maximum atomic E-state index is 4.13. The van der Waals surface area contributed by atoms with Crippen molar-refractivity contribution < 1.29 is 0 Å². The highest BCUT2D eigenvalue weighted by molar-refractivity contribution is 6.04. The summed E-state index contributed by atoms with van der Waals surface area (Å²) in [6.07, 6.45) is 17.1. The average Bonchev–Trinajstić information content (AvgIpc) is 3.43. The second-order valence-corrected chi connectivity index (χ2v) is 10.6. The molecule has 0 bridgehead atoms. The van der Waals surface area contributed by atoms with Gasteiger partial charge in [0.25, 0.3) is 0 Å². The first-order valence-electron chi connectivity index (χ1n) is 15.0. The lowest BCUT2D eigenvalue weighted by molar-refractivity contribution is 0.795. The van der Waals surface area contributed by atoms with Crippen molar-refractivity contribution in [1.29, 1.82) is 0 Å². The van der Waals surface area contributed by atoms with Gasteiger partial charge in [-0.15, -0.1) is 0 Å². The normalized spacial score (nSPS) is 21.2. The van der Waals surface area contributed by atoms with Gasteiger partial charge >= 0.3 is 0 Å². The Morgan fingerprint density at radius 1 is 0.683 bits per heavy atom. The highest BCUT2D eigenvalue weighted by Gasteiger charge is 2.54. The summed E-state index contributed by atoms with van der Waals surface area (Å²) in [6.45, 7) is 23.2. The van der Waals surface area contributed by atoms with Crippen molar-refractivity contribution in [2.24, 2.45) is 0 Å². The first-order chi connectivity index (χ1) is 20.0. The highest BCUT2D eigenvalue weighted by Crippen LogP contribution is 2.64. The molecule has 0 amide bonds. The van der Waals surface area contributed by atoms with E-state index < -0.39 is 5.41 Å². The number of fused-ring (bicyclic) bond motifs is 4. The highest BCUT2D eigenvalue weighted by atomic mass is 14.5. The smallest absolute Gasteiger partial charge is 0.0725 e. The SMILES string of the molecule is C=C/C=C1\C(=C/C)c2ccccc2C12C(=C/C=C)/C(=C\C)c1ccc(-c3ccc(/C=C\C)c(C(C)C)c3)cc12.CC. The molecule has 3 aromatic carbocycles. The van der Waals surface area contributed by atoms with Crippen molar-refractivity contribution in [2.75, 3.05) is 0 Å². The first kappa shape index (κ1) is 29.8. The first-order valence-corrected chi connectivity index (χ1v) is 15.0. The van der Waals surface area contributed by atoms with Gasteiger partial charge in [0.05, 0.1) is 5.41 Å². The molecule has 0 radical (unpaired) electrons. The Morgan fingerprint density at radius 3 is 1.80 bits per heavy atom. The molecule has 0 aromatic heterocycles. The molecule has 0 fully saturated rings. The van der Waals surface area contributed by atoms with Crippen LogP contribution in [0.1, 0.15) is 87.8 Å². The van der Waals surface area contributed by atoms with Crippen molar-refractivity contribution in [3.05, 3.63) is 161 Å². The van der Waals surface area contributed by atoms with E-state index in [1.807, 2.05) is 26.0 Å². The second kappa shape index (κ2) is 12.6. The molecule has 41 heavy (non-hydrogen) atoms. The van der Waals surface area contributed by atoms with E-state index in [0.717, 1.165) is 0 Å². The summed E-state index contributed by atoms with van der Waals surface area (Å²) < 4.78 is 0. The molecule has 2 aliphatic rings. The molecule has 3 aromatic rings. The third-order valence-corrected chi connectivity index (χ3v) is 8.26. The van der Waals surface area contributed by atoms with Gasteiger partial charge in [0.1, 0.15) is 0 Å². The van der Waals surface area contributed by atoms with Crippen LogP contribution < -0.4 is 0 Å². The zero-order valence-corrected chi connectivity index (χ0v) is 25.9. The van der Waals surface area contributed by atoms with Gasteiger partial charge < -0.3 is 0 Å². The van der Waals surface area contributed by atoms with Gasteiger partial charge in [-0.3, -0.25) is 0 Å². The monoisotopic (exact) mass is 536 g/mol. The predicted molar refractivity (Wildman–Crippen MR) is 183 cm³/mol. The van der Waals surface area contributed by atoms with Crippen LogP contribution >= 0.6 is 0 Å². The van der Waals surface area contributed by atoms with Crippen molar-refractivity contribution >= 4 is 17.2 Å². The zero-order chi connectivity index (χ0) is 29.7. The number of hydrogen-bond donors (Lipinski definition) is 0. The lowest BCUT2D eigenvalue weighted by atomic mass is 9.69. The van der Waals surface area contributed by atoms with Crippen LogP contribution in [0.2, 0.25) is 0 Å². The lowest BCUT2D eigenvalue weighted by Gasteiger charge is -2.31. The summed E-state index contributed by atoms with van der Waals surface area (Å²) in [5.41, 5.74) is 15.0. The Kier molecular flexibility index (Phi) is 9.14. The topological polar surface area (TPSA) is 0 Å². The molecular weight excluding hydrogens is 492 g/mol. The fourth-order valence-electron chi connectivity index (χ4n) is 6.75. The summed E-state index contributed by atoms with van der Waals surface area (Å²) in [4.78, 5) is 0. The molecule has 0 heteroatoms. The molecule has 1 atom stereocenters. The molecular formula is C41H44. The quantitative estimate of drug-likeness (QED) is 0.304. The average molecular weight is 537 g/mol. The molecule has 0 aliphatic heterocycles. The van der Waals surface area contributed by atoms with E-state index in [4.69, 9.17) is 0 Å². The third kappa shape index (κ3) is 4.66. The van der Waals surface area contributed by atoms with Crippen LogP contribution in [0.15, 0.2) is 127 Å². The van der Waals surface area contributed by atoms with Gasteiger partial charge in [0.2, 0.25) is 0 Å².